The number of hydrogen-bond donors (Lipinski definition) is 0. The fourth-order valence-electron chi connectivity index (χ4n) is 5.86. The molecule has 0 aromatic heterocycles. The fraction of sp³-hybridized carbons (Fsp3) is 0.667. The molecule has 1 saturated heterocycles. The van der Waals surface area contributed by atoms with Crippen LogP contribution in [0.15, 0.2) is 12.1 Å². The molecule has 21 heavy (non-hydrogen) atoms. The number of nitrogens with zero attached hydrogens (tertiary/aromatic N) is 1. The molecule has 112 valence electrons. The van der Waals surface area contributed by atoms with Crippen LogP contribution in [0, 0.1) is 5.92 Å². The zero-order valence-corrected chi connectivity index (χ0v) is 12.9. The molecule has 2 heterocycles. The molecule has 0 radical (unpaired) electrons. The smallest absolute Gasteiger partial charge is 0.165 e. The Balaban J connectivity index is 1.79. The predicted octanol–water partition coefficient (Wildman–Crippen LogP) is 2.75. The van der Waals surface area contributed by atoms with Gasteiger partial charge in [-0.1, -0.05) is 6.07 Å². The molecule has 2 aliphatic heterocycles. The van der Waals surface area contributed by atoms with Crippen LogP contribution in [0.3, 0.4) is 0 Å². The van der Waals surface area contributed by atoms with Gasteiger partial charge in [-0.15, -0.1) is 0 Å². The van der Waals surface area contributed by atoms with Crippen molar-refractivity contribution in [1.82, 2.24) is 4.90 Å². The Labute approximate surface area is 126 Å². The van der Waals surface area contributed by atoms with Crippen LogP contribution in [0.2, 0.25) is 0 Å². The first-order valence-electron chi connectivity index (χ1n) is 8.33. The van der Waals surface area contributed by atoms with E-state index in [0.717, 1.165) is 17.4 Å². The first-order valence-corrected chi connectivity index (χ1v) is 8.33. The highest BCUT2D eigenvalue weighted by Gasteiger charge is 2.62. The molecule has 4 aliphatic rings. The van der Waals surface area contributed by atoms with Crippen LogP contribution < -0.4 is 9.47 Å². The fourth-order valence-corrected chi connectivity index (χ4v) is 5.86. The summed E-state index contributed by atoms with van der Waals surface area (Å²) >= 11 is 0. The Bertz CT molecular complexity index is 613. The molecule has 1 aromatic rings. The number of piperidine rings is 1. The molecule has 1 spiro atoms. The Kier molecular flexibility index (Phi) is 2.32. The number of hydrogen-bond acceptors (Lipinski definition) is 3. The van der Waals surface area contributed by atoms with Gasteiger partial charge >= 0.3 is 0 Å². The molecular formula is C18H23NO2. The third-order valence-corrected chi connectivity index (χ3v) is 6.71. The van der Waals surface area contributed by atoms with E-state index in [1.54, 1.807) is 7.11 Å². The highest BCUT2D eigenvalue weighted by Crippen LogP contribution is 2.63. The van der Waals surface area contributed by atoms with E-state index >= 15 is 0 Å². The molecule has 5 rings (SSSR count). The second-order valence-corrected chi connectivity index (χ2v) is 7.32. The Hall–Kier alpha value is -1.22. The van der Waals surface area contributed by atoms with Crippen molar-refractivity contribution in [3.63, 3.8) is 0 Å². The van der Waals surface area contributed by atoms with Gasteiger partial charge in [0, 0.05) is 17.0 Å². The van der Waals surface area contributed by atoms with E-state index in [9.17, 15) is 0 Å². The van der Waals surface area contributed by atoms with Crippen LogP contribution >= 0.6 is 0 Å². The molecule has 4 atom stereocenters. The van der Waals surface area contributed by atoms with Crippen molar-refractivity contribution in [3.05, 3.63) is 23.3 Å². The lowest BCUT2D eigenvalue weighted by Gasteiger charge is -2.57. The standard InChI is InChI=1S/C18H23NO2/c1-19-9-8-18-12-4-3-5-15(18)21-17-14(20-2)7-6-11(16(17)18)10-13(12)19/h6-7,12-13,15H,3-5,8-10H2,1-2H3/t12-,13+,15-,18?/m1/s1. The van der Waals surface area contributed by atoms with Gasteiger partial charge in [-0.3, -0.25) is 0 Å². The zero-order valence-electron chi connectivity index (χ0n) is 12.9. The summed E-state index contributed by atoms with van der Waals surface area (Å²) in [6, 6.07) is 5.11. The van der Waals surface area contributed by atoms with E-state index in [0.29, 0.717) is 12.1 Å². The van der Waals surface area contributed by atoms with Gasteiger partial charge in [0.15, 0.2) is 11.5 Å². The average molecular weight is 285 g/mol. The van der Waals surface area contributed by atoms with E-state index < -0.39 is 0 Å². The minimum Gasteiger partial charge on any atom is -0.493 e. The summed E-state index contributed by atoms with van der Waals surface area (Å²) in [5.41, 5.74) is 3.33. The summed E-state index contributed by atoms with van der Waals surface area (Å²) in [5.74, 6) is 2.79. The topological polar surface area (TPSA) is 21.7 Å². The van der Waals surface area contributed by atoms with Gasteiger partial charge in [-0.2, -0.15) is 0 Å². The molecular weight excluding hydrogens is 262 g/mol. The molecule has 0 amide bonds. The predicted molar refractivity (Wildman–Crippen MR) is 81.2 cm³/mol. The summed E-state index contributed by atoms with van der Waals surface area (Å²) in [7, 11) is 4.07. The van der Waals surface area contributed by atoms with Gasteiger partial charge in [0.1, 0.15) is 6.10 Å². The lowest BCUT2D eigenvalue weighted by molar-refractivity contribution is -0.0426. The Morgan fingerprint density at radius 2 is 2.24 bits per heavy atom. The van der Waals surface area contributed by atoms with Crippen molar-refractivity contribution >= 4 is 0 Å². The van der Waals surface area contributed by atoms with Crippen LogP contribution in [-0.4, -0.2) is 37.7 Å². The maximum absolute atomic E-state index is 6.49. The van der Waals surface area contributed by atoms with Gasteiger partial charge in [0.05, 0.1) is 7.11 Å². The van der Waals surface area contributed by atoms with Gasteiger partial charge in [-0.25, -0.2) is 0 Å². The van der Waals surface area contributed by atoms with Crippen molar-refractivity contribution in [3.8, 4) is 11.5 Å². The lowest BCUT2D eigenvalue weighted by Crippen LogP contribution is -2.63. The van der Waals surface area contributed by atoms with Crippen molar-refractivity contribution in [2.45, 2.75) is 49.7 Å². The Morgan fingerprint density at radius 1 is 1.33 bits per heavy atom. The molecule has 3 nitrogen and oxygen atoms in total. The minimum atomic E-state index is 0.285. The lowest BCUT2D eigenvalue weighted by atomic mass is 9.52. The quantitative estimate of drug-likeness (QED) is 0.792. The molecule has 1 saturated carbocycles. The summed E-state index contributed by atoms with van der Waals surface area (Å²) < 4.78 is 12.1. The highest BCUT2D eigenvalue weighted by molar-refractivity contribution is 5.60. The summed E-state index contributed by atoms with van der Waals surface area (Å²) in [6.45, 7) is 1.21. The van der Waals surface area contributed by atoms with Gasteiger partial charge in [0.2, 0.25) is 0 Å². The Morgan fingerprint density at radius 3 is 3.10 bits per heavy atom. The summed E-state index contributed by atoms with van der Waals surface area (Å²) in [6.07, 6.45) is 6.72. The SMILES string of the molecule is COc1ccc2c3c1O[C@@H]1CCC[C@@H]4[C@H](C2)N(C)CCC341. The number of benzene rings is 1. The van der Waals surface area contributed by atoms with Gasteiger partial charge in [0.25, 0.3) is 0 Å². The molecule has 1 aromatic carbocycles. The highest BCUT2D eigenvalue weighted by atomic mass is 16.5. The number of likely N-dealkylation sites (tertiary alicyclic amines) is 1. The van der Waals surface area contributed by atoms with Crippen molar-refractivity contribution in [2.75, 3.05) is 20.7 Å². The summed E-state index contributed by atoms with van der Waals surface area (Å²) in [5, 5.41) is 0. The van der Waals surface area contributed by atoms with Crippen LogP contribution in [0.25, 0.3) is 0 Å². The average Bonchev–Trinajstić information content (AvgIpc) is 2.84. The maximum Gasteiger partial charge on any atom is 0.165 e. The number of ether oxygens (including phenoxy) is 2. The van der Waals surface area contributed by atoms with Crippen molar-refractivity contribution in [1.29, 1.82) is 0 Å². The maximum atomic E-state index is 6.49. The number of methoxy groups -OCH3 is 1. The largest absolute Gasteiger partial charge is 0.493 e. The molecule has 2 fully saturated rings. The van der Waals surface area contributed by atoms with Crippen LogP contribution in [0.4, 0.5) is 0 Å². The van der Waals surface area contributed by atoms with E-state index in [1.165, 1.54) is 49.8 Å². The molecule has 2 bridgehead atoms. The third kappa shape index (κ3) is 1.30. The molecule has 2 aliphatic carbocycles. The van der Waals surface area contributed by atoms with E-state index in [2.05, 4.69) is 24.1 Å². The third-order valence-electron chi connectivity index (χ3n) is 6.71. The van der Waals surface area contributed by atoms with Crippen LogP contribution in [0.5, 0.6) is 11.5 Å². The van der Waals surface area contributed by atoms with Crippen molar-refractivity contribution in [2.24, 2.45) is 5.92 Å². The molecule has 3 heteroatoms. The second-order valence-electron chi connectivity index (χ2n) is 7.32. The normalized spacial score (nSPS) is 39.6. The minimum absolute atomic E-state index is 0.285. The number of rotatable bonds is 1. The van der Waals surface area contributed by atoms with E-state index in [4.69, 9.17) is 9.47 Å². The first kappa shape index (κ1) is 12.3. The van der Waals surface area contributed by atoms with E-state index in [1.807, 2.05) is 0 Å². The molecule has 1 unspecified atom stereocenters. The van der Waals surface area contributed by atoms with Crippen molar-refractivity contribution < 1.29 is 9.47 Å². The number of likely N-dealkylation sites (N-methyl/N-ethyl adjacent to an activating group) is 1. The van der Waals surface area contributed by atoms with Crippen LogP contribution in [-0.2, 0) is 11.8 Å². The van der Waals surface area contributed by atoms with Gasteiger partial charge in [-0.05, 0) is 63.2 Å². The first-order chi connectivity index (χ1) is 10.3. The van der Waals surface area contributed by atoms with Gasteiger partial charge < -0.3 is 14.4 Å². The monoisotopic (exact) mass is 285 g/mol. The van der Waals surface area contributed by atoms with Crippen LogP contribution in [0.1, 0.15) is 36.8 Å². The molecule has 0 N–H and O–H groups in total. The zero-order chi connectivity index (χ0) is 14.2. The second kappa shape index (κ2) is 3.95. The van der Waals surface area contributed by atoms with E-state index in [-0.39, 0.29) is 5.41 Å². The summed E-state index contributed by atoms with van der Waals surface area (Å²) in [4.78, 5) is 2.60.